The van der Waals surface area contributed by atoms with Gasteiger partial charge in [0.05, 0.1) is 6.61 Å². The maximum absolute atomic E-state index is 12.4. The molecule has 2 aliphatic heterocycles. The van der Waals surface area contributed by atoms with Gasteiger partial charge in [0.15, 0.2) is 0 Å². The van der Waals surface area contributed by atoms with Crippen LogP contribution in [0.15, 0.2) is 0 Å². The summed E-state index contributed by atoms with van der Waals surface area (Å²) in [6.07, 6.45) is -3.88. The molecule has 126 valence electrons. The second-order valence-corrected chi connectivity index (χ2v) is 5.98. The lowest BCUT2D eigenvalue weighted by atomic mass is 9.99. The first-order valence-electron chi connectivity index (χ1n) is 7.17. The van der Waals surface area contributed by atoms with Crippen molar-refractivity contribution in [2.75, 3.05) is 32.8 Å². The molecule has 2 fully saturated rings. The van der Waals surface area contributed by atoms with E-state index < -0.39 is 24.4 Å². The van der Waals surface area contributed by atoms with E-state index in [1.165, 1.54) is 4.90 Å². The number of carbonyl (C=O) groups excluding carboxylic acids is 2. The van der Waals surface area contributed by atoms with Gasteiger partial charge >= 0.3 is 12.2 Å². The third kappa shape index (κ3) is 3.52. The number of nitrogens with one attached hydrogen (secondary N) is 1. The number of rotatable bonds is 5. The highest BCUT2D eigenvalue weighted by Crippen LogP contribution is 2.29. The molecule has 1 unspecified atom stereocenters. The fourth-order valence-electron chi connectivity index (χ4n) is 2.85. The molecular formula is C13H20F3N3O3. The minimum atomic E-state index is -4.33. The Kier molecular flexibility index (Phi) is 4.67. The molecule has 2 rings (SSSR count). The van der Waals surface area contributed by atoms with Crippen LogP contribution in [0.1, 0.15) is 20.3 Å². The number of hydrogen-bond acceptors (Lipinski definition) is 4. The van der Waals surface area contributed by atoms with Gasteiger partial charge in [-0.1, -0.05) is 0 Å². The smallest absolute Gasteiger partial charge is 0.371 e. The Morgan fingerprint density at radius 2 is 2.05 bits per heavy atom. The number of carbonyl (C=O) groups is 2. The molecule has 1 atom stereocenters. The summed E-state index contributed by atoms with van der Waals surface area (Å²) >= 11 is 0. The van der Waals surface area contributed by atoms with Crippen molar-refractivity contribution in [1.29, 1.82) is 0 Å². The first kappa shape index (κ1) is 17.0. The average molecular weight is 323 g/mol. The Labute approximate surface area is 126 Å². The van der Waals surface area contributed by atoms with Gasteiger partial charge in [0.2, 0.25) is 0 Å². The maximum atomic E-state index is 12.4. The molecule has 2 aliphatic rings. The van der Waals surface area contributed by atoms with Gasteiger partial charge in [-0.05, 0) is 20.3 Å². The number of halogens is 3. The number of urea groups is 1. The zero-order valence-electron chi connectivity index (χ0n) is 12.6. The summed E-state index contributed by atoms with van der Waals surface area (Å²) in [5.41, 5.74) is -0.939. The highest BCUT2D eigenvalue weighted by molar-refractivity contribution is 6.07. The van der Waals surface area contributed by atoms with Crippen LogP contribution < -0.4 is 5.32 Å². The summed E-state index contributed by atoms with van der Waals surface area (Å²) in [5, 5.41) is 2.73. The van der Waals surface area contributed by atoms with Crippen molar-refractivity contribution in [2.45, 2.75) is 38.0 Å². The number of alkyl halides is 3. The molecule has 2 saturated heterocycles. The second kappa shape index (κ2) is 6.04. The van der Waals surface area contributed by atoms with Crippen LogP contribution in [0.3, 0.4) is 0 Å². The molecular weight excluding hydrogens is 303 g/mol. The summed E-state index contributed by atoms with van der Waals surface area (Å²) in [5.74, 6) is -0.258. The first-order chi connectivity index (χ1) is 10.1. The summed E-state index contributed by atoms with van der Waals surface area (Å²) < 4.78 is 40.5. The number of likely N-dealkylation sites (tertiary alicyclic amines) is 1. The minimum Gasteiger partial charge on any atom is -0.371 e. The topological polar surface area (TPSA) is 61.9 Å². The fourth-order valence-corrected chi connectivity index (χ4v) is 2.85. The normalized spacial score (nSPS) is 26.5. The molecule has 0 aliphatic carbocycles. The number of imide groups is 1. The van der Waals surface area contributed by atoms with Crippen LogP contribution in [-0.4, -0.2) is 72.3 Å². The van der Waals surface area contributed by atoms with Gasteiger partial charge in [0.25, 0.3) is 5.91 Å². The van der Waals surface area contributed by atoms with E-state index in [1.807, 2.05) is 4.90 Å². The van der Waals surface area contributed by atoms with E-state index >= 15 is 0 Å². The zero-order chi connectivity index (χ0) is 16.5. The molecule has 0 aromatic heterocycles. The predicted molar refractivity (Wildman–Crippen MR) is 71.2 cm³/mol. The molecule has 0 aromatic carbocycles. The third-order valence-electron chi connectivity index (χ3n) is 3.88. The Bertz CT molecular complexity index is 456. The molecule has 1 N–H and O–H groups in total. The van der Waals surface area contributed by atoms with Gasteiger partial charge in [0.1, 0.15) is 12.1 Å². The predicted octanol–water partition coefficient (Wildman–Crippen LogP) is 0.970. The molecule has 1 spiro atoms. The molecule has 0 saturated carbocycles. The van der Waals surface area contributed by atoms with Crippen LogP contribution in [0, 0.1) is 0 Å². The number of ether oxygens (including phenoxy) is 1. The van der Waals surface area contributed by atoms with Crippen molar-refractivity contribution in [2.24, 2.45) is 0 Å². The fraction of sp³-hybridized carbons (Fsp3) is 0.846. The molecule has 2 heterocycles. The minimum absolute atomic E-state index is 0.0639. The van der Waals surface area contributed by atoms with Gasteiger partial charge in [-0.15, -0.1) is 0 Å². The van der Waals surface area contributed by atoms with Crippen LogP contribution in [0.25, 0.3) is 0 Å². The molecule has 0 bridgehead atoms. The van der Waals surface area contributed by atoms with E-state index in [2.05, 4.69) is 10.1 Å². The van der Waals surface area contributed by atoms with Crippen LogP contribution in [0.5, 0.6) is 0 Å². The summed E-state index contributed by atoms with van der Waals surface area (Å²) in [6.45, 7) is 3.31. The number of nitrogens with zero attached hydrogens (tertiary/aromatic N) is 2. The highest BCUT2D eigenvalue weighted by atomic mass is 19.4. The van der Waals surface area contributed by atoms with Gasteiger partial charge in [0, 0.05) is 25.7 Å². The van der Waals surface area contributed by atoms with E-state index in [0.717, 1.165) is 0 Å². The van der Waals surface area contributed by atoms with E-state index in [1.54, 1.807) is 13.8 Å². The van der Waals surface area contributed by atoms with Crippen LogP contribution >= 0.6 is 0 Å². The lowest BCUT2D eigenvalue weighted by molar-refractivity contribution is -0.174. The lowest BCUT2D eigenvalue weighted by Crippen LogP contribution is -2.49. The van der Waals surface area contributed by atoms with Gasteiger partial charge < -0.3 is 10.1 Å². The Morgan fingerprint density at radius 1 is 1.36 bits per heavy atom. The van der Waals surface area contributed by atoms with Crippen molar-refractivity contribution >= 4 is 11.9 Å². The molecule has 9 heteroatoms. The Balaban J connectivity index is 1.85. The second-order valence-electron chi connectivity index (χ2n) is 5.98. The largest absolute Gasteiger partial charge is 0.411 e. The van der Waals surface area contributed by atoms with Crippen LogP contribution in [0.2, 0.25) is 0 Å². The van der Waals surface area contributed by atoms with Crippen molar-refractivity contribution in [3.05, 3.63) is 0 Å². The zero-order valence-corrected chi connectivity index (χ0v) is 12.6. The number of amides is 3. The average Bonchev–Trinajstić information content (AvgIpc) is 2.87. The van der Waals surface area contributed by atoms with E-state index in [9.17, 15) is 22.8 Å². The van der Waals surface area contributed by atoms with Crippen molar-refractivity contribution in [3.8, 4) is 0 Å². The van der Waals surface area contributed by atoms with Crippen LogP contribution in [0.4, 0.5) is 18.0 Å². The third-order valence-corrected chi connectivity index (χ3v) is 3.88. The maximum Gasteiger partial charge on any atom is 0.411 e. The van der Waals surface area contributed by atoms with E-state index in [-0.39, 0.29) is 18.6 Å². The summed E-state index contributed by atoms with van der Waals surface area (Å²) in [7, 11) is 0. The monoisotopic (exact) mass is 323 g/mol. The standard InChI is InChI=1S/C13H20F3N3O3/c1-9(2)19-10(20)12(17-11(19)21)3-4-18(7-12)5-6-22-8-13(14,15)16/h9H,3-8H2,1-2H3,(H,17,21). The highest BCUT2D eigenvalue weighted by Gasteiger charge is 2.55. The molecule has 0 radical (unpaired) electrons. The molecule has 0 aromatic rings. The molecule has 6 nitrogen and oxygen atoms in total. The van der Waals surface area contributed by atoms with Crippen LogP contribution in [-0.2, 0) is 9.53 Å². The van der Waals surface area contributed by atoms with Gasteiger partial charge in [-0.3, -0.25) is 14.6 Å². The van der Waals surface area contributed by atoms with Crippen molar-refractivity contribution in [1.82, 2.24) is 15.1 Å². The molecule has 22 heavy (non-hydrogen) atoms. The molecule has 3 amide bonds. The van der Waals surface area contributed by atoms with E-state index in [4.69, 9.17) is 0 Å². The Morgan fingerprint density at radius 3 is 2.59 bits per heavy atom. The summed E-state index contributed by atoms with van der Waals surface area (Å²) in [4.78, 5) is 27.3. The van der Waals surface area contributed by atoms with Gasteiger partial charge in [-0.25, -0.2) is 4.79 Å². The van der Waals surface area contributed by atoms with Gasteiger partial charge in [-0.2, -0.15) is 13.2 Å². The first-order valence-corrected chi connectivity index (χ1v) is 7.17. The van der Waals surface area contributed by atoms with E-state index in [0.29, 0.717) is 26.1 Å². The number of hydrogen-bond donors (Lipinski definition) is 1. The van der Waals surface area contributed by atoms with Crippen molar-refractivity contribution in [3.63, 3.8) is 0 Å². The summed E-state index contributed by atoms with van der Waals surface area (Å²) in [6, 6.07) is -0.633. The SMILES string of the molecule is CC(C)N1C(=O)NC2(CCN(CCOCC(F)(F)F)C2)C1=O. The quantitative estimate of drug-likeness (QED) is 0.605. The Hall–Kier alpha value is -1.35. The van der Waals surface area contributed by atoms with Crippen molar-refractivity contribution < 1.29 is 27.5 Å². The lowest BCUT2D eigenvalue weighted by Gasteiger charge is -2.23.